The molecule has 0 heterocycles. The van der Waals surface area contributed by atoms with Crippen molar-refractivity contribution in [1.29, 1.82) is 5.26 Å². The number of hydrogen-bond donors (Lipinski definition) is 0. The van der Waals surface area contributed by atoms with E-state index in [1.807, 2.05) is 6.07 Å². The van der Waals surface area contributed by atoms with E-state index in [4.69, 9.17) is 44.8 Å². The van der Waals surface area contributed by atoms with Gasteiger partial charge in [-0.15, -0.1) is 0 Å². The Bertz CT molecular complexity index is 674. The van der Waals surface area contributed by atoms with E-state index in [0.29, 0.717) is 10.6 Å². The zero-order valence-electron chi connectivity index (χ0n) is 9.96. The minimum atomic E-state index is -0.523. The first kappa shape index (κ1) is 14.9. The molecule has 0 unspecified atom stereocenters. The van der Waals surface area contributed by atoms with Gasteiger partial charge in [-0.1, -0.05) is 40.9 Å². The van der Waals surface area contributed by atoms with Crippen molar-refractivity contribution in [2.24, 2.45) is 0 Å². The van der Waals surface area contributed by atoms with Crippen molar-refractivity contribution >= 4 is 34.8 Å². The van der Waals surface area contributed by atoms with Crippen LogP contribution >= 0.6 is 34.8 Å². The van der Waals surface area contributed by atoms with Gasteiger partial charge in [0, 0.05) is 10.6 Å². The maximum Gasteiger partial charge on any atom is 0.157 e. The summed E-state index contributed by atoms with van der Waals surface area (Å²) in [5.74, 6) is -0.285. The first-order chi connectivity index (χ1) is 9.51. The van der Waals surface area contributed by atoms with Crippen LogP contribution < -0.4 is 4.74 Å². The molecule has 0 amide bonds. The molecule has 2 aromatic rings. The fraction of sp³-hybridized carbons (Fsp3) is 0.0714. The third-order valence-electron chi connectivity index (χ3n) is 2.52. The van der Waals surface area contributed by atoms with E-state index in [2.05, 4.69) is 0 Å². The molecule has 6 heteroatoms. The Morgan fingerprint density at radius 2 is 1.75 bits per heavy atom. The van der Waals surface area contributed by atoms with Crippen LogP contribution in [0.4, 0.5) is 4.39 Å². The van der Waals surface area contributed by atoms with Gasteiger partial charge in [-0.05, 0) is 24.3 Å². The highest BCUT2D eigenvalue weighted by molar-refractivity contribution is 6.40. The quantitative estimate of drug-likeness (QED) is 0.771. The van der Waals surface area contributed by atoms with Crippen molar-refractivity contribution in [3.8, 4) is 11.8 Å². The highest BCUT2D eigenvalue weighted by Gasteiger charge is 2.11. The molecule has 0 N–H and O–H groups in total. The van der Waals surface area contributed by atoms with Gasteiger partial charge in [0.2, 0.25) is 0 Å². The largest absolute Gasteiger partial charge is 0.486 e. The zero-order chi connectivity index (χ0) is 14.7. The number of nitrogens with zero attached hydrogens (tertiary/aromatic N) is 1. The second kappa shape index (κ2) is 6.32. The molecule has 2 aromatic carbocycles. The van der Waals surface area contributed by atoms with Gasteiger partial charge in [0.25, 0.3) is 0 Å². The smallest absolute Gasteiger partial charge is 0.157 e. The summed E-state index contributed by atoms with van der Waals surface area (Å²) >= 11 is 17.7. The molecular formula is C14H7Cl3FNO. The second-order valence-corrected chi connectivity index (χ2v) is 5.16. The van der Waals surface area contributed by atoms with Gasteiger partial charge in [-0.2, -0.15) is 5.26 Å². The Kier molecular flexibility index (Phi) is 4.72. The molecule has 2 nitrogen and oxygen atoms in total. The number of halogens is 4. The highest BCUT2D eigenvalue weighted by Crippen LogP contribution is 2.36. The Balaban J connectivity index is 2.20. The minimum Gasteiger partial charge on any atom is -0.486 e. The van der Waals surface area contributed by atoms with Crippen molar-refractivity contribution in [3.63, 3.8) is 0 Å². The van der Waals surface area contributed by atoms with Crippen molar-refractivity contribution < 1.29 is 9.13 Å². The molecule has 0 spiro atoms. The third kappa shape index (κ3) is 3.34. The molecule has 0 saturated heterocycles. The first-order valence-corrected chi connectivity index (χ1v) is 6.60. The van der Waals surface area contributed by atoms with E-state index in [1.165, 1.54) is 24.3 Å². The number of benzene rings is 2. The first-order valence-electron chi connectivity index (χ1n) is 5.47. The fourth-order valence-corrected chi connectivity index (χ4v) is 2.48. The molecule has 2 rings (SSSR count). The molecule has 0 aliphatic heterocycles. The number of nitriles is 1. The van der Waals surface area contributed by atoms with E-state index >= 15 is 0 Å². The number of hydrogen-bond acceptors (Lipinski definition) is 2. The van der Waals surface area contributed by atoms with Gasteiger partial charge in [0.1, 0.15) is 12.4 Å². The topological polar surface area (TPSA) is 33.0 Å². The van der Waals surface area contributed by atoms with E-state index in [0.717, 1.165) is 6.07 Å². The van der Waals surface area contributed by atoms with Crippen LogP contribution in [0.3, 0.4) is 0 Å². The maximum atomic E-state index is 13.7. The minimum absolute atomic E-state index is 0.0569. The van der Waals surface area contributed by atoms with Gasteiger partial charge < -0.3 is 4.74 Å². The fourth-order valence-electron chi connectivity index (χ4n) is 1.55. The SMILES string of the molecule is N#Cc1ccc(COc2c(Cl)cc(Cl)cc2Cl)c(F)c1. The van der Waals surface area contributed by atoms with Gasteiger partial charge in [0.05, 0.1) is 21.7 Å². The normalized spacial score (nSPS) is 10.2. The van der Waals surface area contributed by atoms with Gasteiger partial charge in [0.15, 0.2) is 5.75 Å². The van der Waals surface area contributed by atoms with Gasteiger partial charge in [-0.3, -0.25) is 0 Å². The van der Waals surface area contributed by atoms with Crippen molar-refractivity contribution in [1.82, 2.24) is 0 Å². The lowest BCUT2D eigenvalue weighted by molar-refractivity contribution is 0.300. The van der Waals surface area contributed by atoms with Crippen LogP contribution in [0.15, 0.2) is 30.3 Å². The van der Waals surface area contributed by atoms with Crippen molar-refractivity contribution in [2.45, 2.75) is 6.61 Å². The molecule has 20 heavy (non-hydrogen) atoms. The average molecular weight is 331 g/mol. The Morgan fingerprint density at radius 1 is 1.10 bits per heavy atom. The monoisotopic (exact) mass is 329 g/mol. The summed E-state index contributed by atoms with van der Waals surface area (Å²) in [6.07, 6.45) is 0. The van der Waals surface area contributed by atoms with E-state index < -0.39 is 5.82 Å². The molecule has 0 aromatic heterocycles. The predicted octanol–water partition coefficient (Wildman–Crippen LogP) is 5.24. The predicted molar refractivity (Wildman–Crippen MR) is 76.9 cm³/mol. The van der Waals surface area contributed by atoms with Crippen molar-refractivity contribution in [2.75, 3.05) is 0 Å². The van der Waals surface area contributed by atoms with Gasteiger partial charge in [-0.25, -0.2) is 4.39 Å². The van der Waals surface area contributed by atoms with Crippen LogP contribution in [-0.2, 0) is 6.61 Å². The van der Waals surface area contributed by atoms with Crippen LogP contribution in [0.1, 0.15) is 11.1 Å². The summed E-state index contributed by atoms with van der Waals surface area (Å²) in [5, 5.41) is 9.54. The summed E-state index contributed by atoms with van der Waals surface area (Å²) in [6.45, 7) is -0.0569. The van der Waals surface area contributed by atoms with Crippen LogP contribution in [0, 0.1) is 17.1 Å². The third-order valence-corrected chi connectivity index (χ3v) is 3.30. The number of ether oxygens (including phenoxy) is 1. The lowest BCUT2D eigenvalue weighted by Crippen LogP contribution is -2.00. The van der Waals surface area contributed by atoms with E-state index in [9.17, 15) is 4.39 Å². The molecule has 0 aliphatic carbocycles. The standard InChI is InChI=1S/C14H7Cl3FNO/c15-10-4-11(16)14(12(17)5-10)20-7-9-2-1-8(6-19)3-13(9)18/h1-5H,7H2. The average Bonchev–Trinajstić information content (AvgIpc) is 2.39. The van der Waals surface area contributed by atoms with Crippen LogP contribution in [0.5, 0.6) is 5.75 Å². The number of rotatable bonds is 3. The Labute approximate surface area is 130 Å². The lowest BCUT2D eigenvalue weighted by Gasteiger charge is -2.11. The van der Waals surface area contributed by atoms with E-state index in [-0.39, 0.29) is 28.0 Å². The molecule has 0 fully saturated rings. The van der Waals surface area contributed by atoms with Crippen molar-refractivity contribution in [3.05, 3.63) is 62.3 Å². The second-order valence-electron chi connectivity index (χ2n) is 3.91. The molecular weight excluding hydrogens is 324 g/mol. The van der Waals surface area contributed by atoms with E-state index in [1.54, 1.807) is 0 Å². The summed E-state index contributed by atoms with van der Waals surface area (Å²) in [7, 11) is 0. The molecule has 0 radical (unpaired) electrons. The molecule has 0 aliphatic rings. The summed E-state index contributed by atoms with van der Waals surface area (Å²) in [5.41, 5.74) is 0.542. The summed E-state index contributed by atoms with van der Waals surface area (Å²) < 4.78 is 19.1. The molecule has 0 bridgehead atoms. The molecule has 0 atom stereocenters. The molecule has 102 valence electrons. The Morgan fingerprint density at radius 3 is 2.30 bits per heavy atom. The highest BCUT2D eigenvalue weighted by atomic mass is 35.5. The summed E-state index contributed by atoms with van der Waals surface area (Å²) in [4.78, 5) is 0. The van der Waals surface area contributed by atoms with Gasteiger partial charge >= 0.3 is 0 Å². The maximum absolute atomic E-state index is 13.7. The zero-order valence-corrected chi connectivity index (χ0v) is 12.2. The van der Waals surface area contributed by atoms with Crippen LogP contribution in [-0.4, -0.2) is 0 Å². The molecule has 0 saturated carbocycles. The summed E-state index contributed by atoms with van der Waals surface area (Å²) in [6, 6.07) is 8.95. The lowest BCUT2D eigenvalue weighted by atomic mass is 10.1. The Hall–Kier alpha value is -1.47. The van der Waals surface area contributed by atoms with Crippen LogP contribution in [0.2, 0.25) is 15.1 Å². The van der Waals surface area contributed by atoms with Crippen LogP contribution in [0.25, 0.3) is 0 Å².